The largest absolute Gasteiger partial charge is 0.493 e. The fourth-order valence-corrected chi connectivity index (χ4v) is 4.51. The minimum atomic E-state index is 0.132. The molecule has 3 aromatic carbocycles. The van der Waals surface area contributed by atoms with E-state index in [1.807, 2.05) is 55.7 Å². The zero-order valence-electron chi connectivity index (χ0n) is 24.4. The Morgan fingerprint density at radius 2 is 1.59 bits per heavy atom. The van der Waals surface area contributed by atoms with Gasteiger partial charge in [-0.1, -0.05) is 32.9 Å². The van der Waals surface area contributed by atoms with Crippen LogP contribution in [0, 0.1) is 0 Å². The maximum Gasteiger partial charge on any atom is 0.163 e. The van der Waals surface area contributed by atoms with E-state index in [0.717, 1.165) is 34.6 Å². The van der Waals surface area contributed by atoms with Crippen LogP contribution in [-0.2, 0) is 5.41 Å². The molecule has 0 radical (unpaired) electrons. The van der Waals surface area contributed by atoms with Gasteiger partial charge in [0.1, 0.15) is 18.1 Å². The number of likely N-dealkylation sites (N-methyl/N-ethyl adjacent to an activating group) is 1. The van der Waals surface area contributed by atoms with Crippen LogP contribution in [0.1, 0.15) is 26.3 Å². The molecule has 4 aromatic rings. The van der Waals surface area contributed by atoms with Crippen LogP contribution in [0.25, 0.3) is 10.9 Å². The molecule has 0 spiro atoms. The first-order valence-corrected chi connectivity index (χ1v) is 13.8. The van der Waals surface area contributed by atoms with Gasteiger partial charge in [-0.25, -0.2) is 0 Å². The number of aromatic nitrogens is 1. The third-order valence-corrected chi connectivity index (χ3v) is 6.92. The second-order valence-corrected chi connectivity index (χ2v) is 11.1. The van der Waals surface area contributed by atoms with Crippen LogP contribution < -0.4 is 19.5 Å². The van der Waals surface area contributed by atoms with Crippen molar-refractivity contribution in [2.45, 2.75) is 26.2 Å². The highest BCUT2D eigenvalue weighted by Gasteiger charge is 2.14. The van der Waals surface area contributed by atoms with Gasteiger partial charge < -0.3 is 29.3 Å². The lowest BCUT2D eigenvalue weighted by Gasteiger charge is -2.19. The number of benzene rings is 3. The predicted molar refractivity (Wildman–Crippen MR) is 166 cm³/mol. The van der Waals surface area contributed by atoms with Gasteiger partial charge in [0.15, 0.2) is 11.5 Å². The van der Waals surface area contributed by atoms with E-state index in [1.165, 1.54) is 5.56 Å². The zero-order valence-corrected chi connectivity index (χ0v) is 24.4. The summed E-state index contributed by atoms with van der Waals surface area (Å²) in [6.45, 7) is 8.75. The van der Waals surface area contributed by atoms with Crippen molar-refractivity contribution in [2.75, 3.05) is 39.2 Å². The van der Waals surface area contributed by atoms with Gasteiger partial charge in [0, 0.05) is 61.2 Å². The number of methoxy groups -OCH3 is 1. The Kier molecular flexibility index (Phi) is 8.34. The predicted octanol–water partition coefficient (Wildman–Crippen LogP) is 7.69. The number of ether oxygens (including phenoxy) is 3. The molecule has 1 aromatic heterocycles. The molecule has 0 atom stereocenters. The molecule has 41 heavy (non-hydrogen) atoms. The molecule has 0 saturated heterocycles. The van der Waals surface area contributed by atoms with Crippen molar-refractivity contribution in [3.8, 4) is 23.0 Å². The summed E-state index contributed by atoms with van der Waals surface area (Å²) in [5.74, 6) is 2.71. The zero-order chi connectivity index (χ0) is 28.8. The van der Waals surface area contributed by atoms with Crippen LogP contribution in [0.5, 0.6) is 23.0 Å². The minimum absolute atomic E-state index is 0.132. The number of anilines is 2. The van der Waals surface area contributed by atoms with Crippen molar-refractivity contribution in [1.82, 2.24) is 14.8 Å². The lowest BCUT2D eigenvalue weighted by Crippen LogP contribution is -2.18. The quantitative estimate of drug-likeness (QED) is 0.229. The van der Waals surface area contributed by atoms with Crippen molar-refractivity contribution in [3.05, 3.63) is 103 Å². The van der Waals surface area contributed by atoms with E-state index in [9.17, 15) is 0 Å². The van der Waals surface area contributed by atoms with Gasteiger partial charge in [-0.2, -0.15) is 0 Å². The van der Waals surface area contributed by atoms with Crippen molar-refractivity contribution in [2.24, 2.45) is 0 Å². The minimum Gasteiger partial charge on any atom is -0.493 e. The summed E-state index contributed by atoms with van der Waals surface area (Å²) in [5.41, 5.74) is 4.24. The third-order valence-electron chi connectivity index (χ3n) is 6.92. The Bertz CT molecular complexity index is 1520. The van der Waals surface area contributed by atoms with Crippen LogP contribution in [0.4, 0.5) is 11.4 Å². The summed E-state index contributed by atoms with van der Waals surface area (Å²) in [6, 6.07) is 22.2. The van der Waals surface area contributed by atoms with E-state index in [-0.39, 0.29) is 5.41 Å². The lowest BCUT2D eigenvalue weighted by molar-refractivity contribution is 0.269. The van der Waals surface area contributed by atoms with Crippen LogP contribution in [0.2, 0.25) is 0 Å². The number of nitrogens with zero attached hydrogens (tertiary/aromatic N) is 3. The first-order chi connectivity index (χ1) is 19.8. The number of rotatable bonds is 9. The number of hydrogen-bond donors (Lipinski definition) is 1. The van der Waals surface area contributed by atoms with Crippen LogP contribution in [-0.4, -0.2) is 48.6 Å². The molecule has 1 aliphatic rings. The molecule has 7 heteroatoms. The first kappa shape index (κ1) is 27.9. The Morgan fingerprint density at radius 1 is 0.854 bits per heavy atom. The summed E-state index contributed by atoms with van der Waals surface area (Å²) >= 11 is 0. The monoisotopic (exact) mass is 550 g/mol. The SMILES string of the molecule is COc1cc2c(Oc3ccc(Nc4ccc(C(C)(C)C)cc4)cc3)ccnc2cc1OCCN1C=CCN(C)C=C1. The fourth-order valence-electron chi connectivity index (χ4n) is 4.51. The number of fused-ring (bicyclic) bond motifs is 1. The van der Waals surface area contributed by atoms with Gasteiger partial charge in [-0.15, -0.1) is 0 Å². The topological polar surface area (TPSA) is 59.1 Å². The molecule has 0 bridgehead atoms. The molecule has 0 fully saturated rings. The lowest BCUT2D eigenvalue weighted by atomic mass is 9.87. The van der Waals surface area contributed by atoms with Crippen molar-refractivity contribution in [1.29, 1.82) is 0 Å². The second-order valence-electron chi connectivity index (χ2n) is 11.1. The Balaban J connectivity index is 1.26. The molecule has 7 nitrogen and oxygen atoms in total. The van der Waals surface area contributed by atoms with Crippen LogP contribution >= 0.6 is 0 Å². The third kappa shape index (κ3) is 7.11. The summed E-state index contributed by atoms with van der Waals surface area (Å²) in [7, 11) is 3.69. The molecule has 2 heterocycles. The van der Waals surface area contributed by atoms with E-state index in [1.54, 1.807) is 13.3 Å². The first-order valence-electron chi connectivity index (χ1n) is 13.8. The van der Waals surface area contributed by atoms with E-state index in [4.69, 9.17) is 14.2 Å². The molecule has 5 rings (SSSR count). The molecule has 0 unspecified atom stereocenters. The van der Waals surface area contributed by atoms with Gasteiger partial charge in [-0.05, 0) is 65.6 Å². The van der Waals surface area contributed by atoms with Crippen molar-refractivity contribution < 1.29 is 14.2 Å². The summed E-state index contributed by atoms with van der Waals surface area (Å²) in [4.78, 5) is 8.78. The Hall–Kier alpha value is -4.65. The number of hydrogen-bond acceptors (Lipinski definition) is 7. The van der Waals surface area contributed by atoms with Crippen LogP contribution in [0.15, 0.2) is 97.6 Å². The standard InChI is InChI=1S/C34H38N4O3/c1-34(2,3)25-7-9-26(10-8-25)36-27-11-13-28(14-12-27)41-31-15-16-35-30-24-33(32(39-5)23-29(30)31)40-22-21-38-18-6-17-37(4)19-20-38/h6-16,18-20,23-24,36H,17,21-22H2,1-5H3. The number of nitrogens with one attached hydrogen (secondary N) is 1. The Morgan fingerprint density at radius 3 is 2.29 bits per heavy atom. The van der Waals surface area contributed by atoms with Crippen molar-refractivity contribution in [3.63, 3.8) is 0 Å². The molecular formula is C34H38N4O3. The molecular weight excluding hydrogens is 512 g/mol. The molecule has 0 aliphatic carbocycles. The average Bonchev–Trinajstić information content (AvgIpc) is 3.17. The highest BCUT2D eigenvalue weighted by atomic mass is 16.5. The van der Waals surface area contributed by atoms with Gasteiger partial charge in [0.05, 0.1) is 19.2 Å². The van der Waals surface area contributed by atoms with E-state index in [2.05, 4.69) is 83.6 Å². The van der Waals surface area contributed by atoms with Gasteiger partial charge in [-0.3, -0.25) is 4.98 Å². The van der Waals surface area contributed by atoms with Gasteiger partial charge >= 0.3 is 0 Å². The maximum absolute atomic E-state index is 6.28. The average molecular weight is 551 g/mol. The summed E-state index contributed by atoms with van der Waals surface area (Å²) in [5, 5.41) is 4.31. The smallest absolute Gasteiger partial charge is 0.163 e. The van der Waals surface area contributed by atoms with Crippen molar-refractivity contribution >= 4 is 22.3 Å². The number of pyridine rings is 1. The van der Waals surface area contributed by atoms with Gasteiger partial charge in [0.2, 0.25) is 0 Å². The van der Waals surface area contributed by atoms with Gasteiger partial charge in [0.25, 0.3) is 0 Å². The summed E-state index contributed by atoms with van der Waals surface area (Å²) < 4.78 is 18.1. The molecule has 0 amide bonds. The van der Waals surface area contributed by atoms with E-state index in [0.29, 0.717) is 30.4 Å². The molecule has 1 aliphatic heterocycles. The highest BCUT2D eigenvalue weighted by Crippen LogP contribution is 2.37. The van der Waals surface area contributed by atoms with E-state index < -0.39 is 0 Å². The van der Waals surface area contributed by atoms with E-state index >= 15 is 0 Å². The molecule has 0 saturated carbocycles. The Labute approximate surface area is 242 Å². The fraction of sp³-hybridized carbons (Fsp3) is 0.265. The maximum atomic E-state index is 6.28. The van der Waals surface area contributed by atoms with Crippen LogP contribution in [0.3, 0.4) is 0 Å². The second kappa shape index (κ2) is 12.3. The summed E-state index contributed by atoms with van der Waals surface area (Å²) in [6.07, 6.45) is 10.0. The highest BCUT2D eigenvalue weighted by molar-refractivity contribution is 5.88. The molecule has 1 N–H and O–H groups in total. The molecule has 212 valence electrons. The normalized spacial score (nSPS) is 13.3.